The number of fused-ring (bicyclic) bond motifs is 1. The van der Waals surface area contributed by atoms with Crippen molar-refractivity contribution in [1.82, 2.24) is 14.9 Å². The molecule has 8 nitrogen and oxygen atoms in total. The zero-order chi connectivity index (χ0) is 36.4. The van der Waals surface area contributed by atoms with E-state index in [0.717, 1.165) is 78.4 Å². The second-order valence-electron chi connectivity index (χ2n) is 13.6. The maximum absolute atomic E-state index is 12.1. The Labute approximate surface area is 323 Å². The Bertz CT molecular complexity index is 2230. The molecule has 0 saturated carbocycles. The van der Waals surface area contributed by atoms with E-state index in [1.54, 1.807) is 12.3 Å². The van der Waals surface area contributed by atoms with E-state index < -0.39 is 9.84 Å². The molecule has 0 unspecified atom stereocenters. The van der Waals surface area contributed by atoms with Gasteiger partial charge < -0.3 is 15.2 Å². The van der Waals surface area contributed by atoms with E-state index >= 15 is 0 Å². The summed E-state index contributed by atoms with van der Waals surface area (Å²) in [6.07, 6.45) is 9.37. The van der Waals surface area contributed by atoms with Gasteiger partial charge in [0.2, 0.25) is 11.8 Å². The van der Waals surface area contributed by atoms with Crippen LogP contribution >= 0.6 is 39.1 Å². The van der Waals surface area contributed by atoms with E-state index in [1.165, 1.54) is 23.7 Å². The highest BCUT2D eigenvalue weighted by Gasteiger charge is 2.22. The van der Waals surface area contributed by atoms with Crippen LogP contribution in [0.3, 0.4) is 0 Å². The third-order valence-electron chi connectivity index (χ3n) is 9.61. The Morgan fingerprint density at radius 3 is 2.33 bits per heavy atom. The van der Waals surface area contributed by atoms with Gasteiger partial charge in [-0.15, -0.1) is 0 Å². The average Bonchev–Trinajstić information content (AvgIpc) is 3.51. The molecular formula is C40H39BrCl2N4O4S. The number of hydrogen-bond donors (Lipinski definition) is 1. The van der Waals surface area contributed by atoms with E-state index in [4.69, 9.17) is 43.4 Å². The summed E-state index contributed by atoms with van der Waals surface area (Å²) in [6, 6.07) is 22.0. The average molecular weight is 823 g/mol. The van der Waals surface area contributed by atoms with Crippen molar-refractivity contribution in [1.29, 1.82) is 0 Å². The molecule has 2 aliphatic rings. The van der Waals surface area contributed by atoms with Crippen molar-refractivity contribution in [2.45, 2.75) is 62.8 Å². The van der Waals surface area contributed by atoms with E-state index in [9.17, 15) is 8.42 Å². The first-order valence-corrected chi connectivity index (χ1v) is 20.7. The van der Waals surface area contributed by atoms with Crippen LogP contribution in [-0.4, -0.2) is 48.7 Å². The number of pyridine rings is 2. The van der Waals surface area contributed by atoms with Crippen molar-refractivity contribution in [3.63, 3.8) is 0 Å². The second kappa shape index (κ2) is 15.8. The van der Waals surface area contributed by atoms with Crippen LogP contribution in [0.1, 0.15) is 47.1 Å². The summed E-state index contributed by atoms with van der Waals surface area (Å²) in [6.45, 7) is 2.89. The second-order valence-corrected chi connectivity index (χ2v) is 17.2. The lowest BCUT2D eigenvalue weighted by molar-refractivity contribution is 0.211. The minimum absolute atomic E-state index is 0.0874. The SMILES string of the molecule is CS(=O)(=O)c1cncc(COc2nc(OCc3cccc(-c4cccc(-c5ccc6c(c5)C[C@@H](N)C6)c4Cl)c3Cl)c(Br)cc2CN2CCCCC2)c1. The van der Waals surface area contributed by atoms with Gasteiger partial charge in [-0.1, -0.05) is 84.2 Å². The molecule has 3 heterocycles. The Balaban J connectivity index is 1.13. The number of halogens is 3. The number of ether oxygens (including phenoxy) is 2. The Kier molecular flexibility index (Phi) is 11.2. The number of piperidine rings is 1. The van der Waals surface area contributed by atoms with Gasteiger partial charge in [-0.05, 0) is 83.5 Å². The summed E-state index contributed by atoms with van der Waals surface area (Å²) >= 11 is 17.9. The molecule has 270 valence electrons. The van der Waals surface area contributed by atoms with Crippen molar-refractivity contribution in [2.75, 3.05) is 19.3 Å². The van der Waals surface area contributed by atoms with Gasteiger partial charge in [-0.2, -0.15) is 4.98 Å². The minimum atomic E-state index is -3.42. The van der Waals surface area contributed by atoms with Crippen LogP contribution in [0.4, 0.5) is 0 Å². The number of hydrogen-bond acceptors (Lipinski definition) is 8. The Hall–Kier alpha value is -3.51. The molecule has 52 heavy (non-hydrogen) atoms. The number of sulfone groups is 1. The number of rotatable bonds is 11. The first kappa shape index (κ1) is 36.8. The van der Waals surface area contributed by atoms with Gasteiger partial charge in [-0.25, -0.2) is 8.42 Å². The molecule has 1 fully saturated rings. The molecule has 0 bridgehead atoms. The summed E-state index contributed by atoms with van der Waals surface area (Å²) in [7, 11) is -3.42. The quantitative estimate of drug-likeness (QED) is 0.141. The number of likely N-dealkylation sites (tertiary alicyclic amines) is 1. The molecule has 7 rings (SSSR count). The lowest BCUT2D eigenvalue weighted by atomic mass is 9.96. The van der Waals surface area contributed by atoms with Gasteiger partial charge in [0.15, 0.2) is 9.84 Å². The van der Waals surface area contributed by atoms with E-state index in [0.29, 0.717) is 38.4 Å². The van der Waals surface area contributed by atoms with Crippen LogP contribution in [-0.2, 0) is 42.4 Å². The van der Waals surface area contributed by atoms with Crippen LogP contribution < -0.4 is 15.2 Å². The standard InChI is InChI=1S/C40H39BrCl2N4O4S/c1-52(48,49)32-15-25(20-45-21-32)23-50-39-30(22-47-13-3-2-4-14-47)19-36(41)40(46-39)51-24-28-7-5-9-34(37(28)42)35-10-6-8-33(38(35)43)27-12-11-26-17-31(44)18-29(26)16-27/h5-12,15-16,19-21,31H,2-4,13-14,17-18,22-24,44H2,1H3/t31-/m0/s1. The van der Waals surface area contributed by atoms with Crippen LogP contribution in [0.5, 0.6) is 11.8 Å². The van der Waals surface area contributed by atoms with Crippen molar-refractivity contribution >= 4 is 49.0 Å². The molecule has 1 aliphatic carbocycles. The maximum Gasteiger partial charge on any atom is 0.231 e. The fourth-order valence-corrected chi connectivity index (χ4v) is 8.63. The minimum Gasteiger partial charge on any atom is -0.472 e. The Morgan fingerprint density at radius 1 is 0.827 bits per heavy atom. The van der Waals surface area contributed by atoms with Gasteiger partial charge in [0.1, 0.15) is 13.2 Å². The number of nitrogens with zero attached hydrogens (tertiary/aromatic N) is 3. The predicted molar refractivity (Wildman–Crippen MR) is 210 cm³/mol. The fraction of sp³-hybridized carbons (Fsp3) is 0.300. The van der Waals surface area contributed by atoms with Gasteiger partial charge >= 0.3 is 0 Å². The van der Waals surface area contributed by atoms with E-state index in [1.807, 2.05) is 42.5 Å². The third kappa shape index (κ3) is 8.33. The number of aromatic nitrogens is 2. The van der Waals surface area contributed by atoms with Crippen LogP contribution in [0, 0.1) is 0 Å². The zero-order valence-electron chi connectivity index (χ0n) is 28.7. The molecule has 5 aromatic rings. The topological polar surface area (TPSA) is 108 Å². The first-order chi connectivity index (χ1) is 25.0. The van der Waals surface area contributed by atoms with Gasteiger partial charge in [0.25, 0.3) is 0 Å². The first-order valence-electron chi connectivity index (χ1n) is 17.3. The van der Waals surface area contributed by atoms with Crippen LogP contribution in [0.25, 0.3) is 22.3 Å². The van der Waals surface area contributed by atoms with Gasteiger partial charge in [0.05, 0.1) is 19.4 Å². The molecular weight excluding hydrogens is 783 g/mol. The molecule has 2 N–H and O–H groups in total. The van der Waals surface area contributed by atoms with E-state index in [2.05, 4.69) is 44.0 Å². The molecule has 0 amide bonds. The molecule has 3 aromatic carbocycles. The fourth-order valence-electron chi connectivity index (χ4n) is 6.92. The van der Waals surface area contributed by atoms with Gasteiger partial charge in [0, 0.05) is 64.6 Å². The summed E-state index contributed by atoms with van der Waals surface area (Å²) in [4.78, 5) is 11.4. The normalized spacial score (nSPS) is 16.1. The van der Waals surface area contributed by atoms with Crippen molar-refractivity contribution in [2.24, 2.45) is 5.73 Å². The smallest absolute Gasteiger partial charge is 0.231 e. The molecule has 12 heteroatoms. The van der Waals surface area contributed by atoms with Crippen molar-refractivity contribution in [3.8, 4) is 34.0 Å². The highest BCUT2D eigenvalue weighted by molar-refractivity contribution is 9.10. The lowest BCUT2D eigenvalue weighted by Gasteiger charge is -2.27. The third-order valence-corrected chi connectivity index (χ3v) is 12.1. The van der Waals surface area contributed by atoms with Crippen LogP contribution in [0.15, 0.2) is 88.5 Å². The highest BCUT2D eigenvalue weighted by Crippen LogP contribution is 2.41. The van der Waals surface area contributed by atoms with Crippen molar-refractivity contribution < 1.29 is 17.9 Å². The predicted octanol–water partition coefficient (Wildman–Crippen LogP) is 8.85. The summed E-state index contributed by atoms with van der Waals surface area (Å²) in [5.41, 5.74) is 14.7. The van der Waals surface area contributed by atoms with Crippen molar-refractivity contribution in [3.05, 3.63) is 121 Å². The monoisotopic (exact) mass is 820 g/mol. The molecule has 1 saturated heterocycles. The molecule has 1 atom stereocenters. The molecule has 2 aromatic heterocycles. The van der Waals surface area contributed by atoms with Gasteiger partial charge in [-0.3, -0.25) is 9.88 Å². The van der Waals surface area contributed by atoms with E-state index in [-0.39, 0.29) is 24.2 Å². The van der Waals surface area contributed by atoms with Crippen LogP contribution in [0.2, 0.25) is 10.0 Å². The zero-order valence-corrected chi connectivity index (χ0v) is 32.7. The largest absolute Gasteiger partial charge is 0.472 e. The summed E-state index contributed by atoms with van der Waals surface area (Å²) < 4.78 is 37.5. The highest BCUT2D eigenvalue weighted by atomic mass is 79.9. The summed E-state index contributed by atoms with van der Waals surface area (Å²) in [5.74, 6) is 0.753. The molecule has 1 aliphatic heterocycles. The Morgan fingerprint density at radius 2 is 1.54 bits per heavy atom. The summed E-state index contributed by atoms with van der Waals surface area (Å²) in [5, 5.41) is 1.16. The lowest BCUT2D eigenvalue weighted by Crippen LogP contribution is -2.29. The molecule has 0 radical (unpaired) electrons. The molecule has 0 spiro atoms. The maximum atomic E-state index is 12.1. The number of benzene rings is 3. The number of nitrogens with two attached hydrogens (primary N) is 1.